The molecule has 2 atom stereocenters. The highest BCUT2D eigenvalue weighted by atomic mass is 19.1. The number of methoxy groups -OCH3 is 2. The second-order valence-corrected chi connectivity index (χ2v) is 6.43. The quantitative estimate of drug-likeness (QED) is 0.904. The Morgan fingerprint density at radius 2 is 1.88 bits per heavy atom. The Morgan fingerprint density at radius 1 is 1.12 bits per heavy atom. The maximum atomic E-state index is 14.1. The van der Waals surface area contributed by atoms with Crippen molar-refractivity contribution in [2.45, 2.75) is 25.0 Å². The van der Waals surface area contributed by atoms with Gasteiger partial charge in [-0.2, -0.15) is 0 Å². The number of rotatable bonds is 5. The first kappa shape index (κ1) is 17.7. The first-order valence-corrected chi connectivity index (χ1v) is 8.47. The number of piperidine rings is 1. The third kappa shape index (κ3) is 4.11. The van der Waals surface area contributed by atoms with Crippen LogP contribution in [0.15, 0.2) is 42.5 Å². The van der Waals surface area contributed by atoms with Crippen molar-refractivity contribution in [2.75, 3.05) is 27.3 Å². The average molecular weight is 345 g/mol. The lowest BCUT2D eigenvalue weighted by Crippen LogP contribution is -2.42. The Kier molecular flexibility index (Phi) is 5.56. The molecule has 1 N–H and O–H groups in total. The van der Waals surface area contributed by atoms with Crippen LogP contribution in [0.3, 0.4) is 0 Å². The van der Waals surface area contributed by atoms with E-state index in [9.17, 15) is 9.50 Å². The van der Waals surface area contributed by atoms with E-state index in [1.54, 1.807) is 19.2 Å². The van der Waals surface area contributed by atoms with Gasteiger partial charge in [-0.25, -0.2) is 4.39 Å². The van der Waals surface area contributed by atoms with Gasteiger partial charge in [0.05, 0.1) is 20.3 Å². The smallest absolute Gasteiger partial charge is 0.131 e. The second-order valence-electron chi connectivity index (χ2n) is 6.43. The van der Waals surface area contributed by atoms with Gasteiger partial charge in [0, 0.05) is 30.6 Å². The summed E-state index contributed by atoms with van der Waals surface area (Å²) in [4.78, 5) is 2.09. The molecule has 0 saturated carbocycles. The van der Waals surface area contributed by atoms with Crippen LogP contribution in [0, 0.1) is 5.82 Å². The van der Waals surface area contributed by atoms with Crippen molar-refractivity contribution in [3.63, 3.8) is 0 Å². The van der Waals surface area contributed by atoms with Crippen LogP contribution < -0.4 is 9.47 Å². The van der Waals surface area contributed by atoms with Gasteiger partial charge in [0.1, 0.15) is 17.3 Å². The topological polar surface area (TPSA) is 41.9 Å². The molecule has 0 aliphatic carbocycles. The summed E-state index contributed by atoms with van der Waals surface area (Å²) in [6.45, 7) is 1.81. The average Bonchev–Trinajstić information content (AvgIpc) is 2.63. The number of hydrogen-bond acceptors (Lipinski definition) is 4. The van der Waals surface area contributed by atoms with Crippen molar-refractivity contribution in [2.24, 2.45) is 0 Å². The van der Waals surface area contributed by atoms with Crippen molar-refractivity contribution in [1.29, 1.82) is 0 Å². The standard InChI is InChI=1S/C20H24FNO3/c1-24-16-5-3-4-14(10-16)18-8-9-22(13-20(18)23)12-15-6-7-17(25-2)11-19(15)21/h3-7,10-11,18,20,23H,8-9,12-13H2,1-2H3/t18-,20+/m0/s1. The van der Waals surface area contributed by atoms with Crippen LogP contribution in [0.25, 0.3) is 0 Å². The summed E-state index contributed by atoms with van der Waals surface area (Å²) in [7, 11) is 3.16. The minimum atomic E-state index is -0.484. The van der Waals surface area contributed by atoms with Gasteiger partial charge in [-0.1, -0.05) is 18.2 Å². The van der Waals surface area contributed by atoms with E-state index in [1.807, 2.05) is 24.3 Å². The Morgan fingerprint density at radius 3 is 2.56 bits per heavy atom. The SMILES string of the molecule is COc1cccc([C@@H]2CCN(Cc3ccc(OC)cc3F)C[C@H]2O)c1. The fourth-order valence-electron chi connectivity index (χ4n) is 3.43. The van der Waals surface area contributed by atoms with Crippen LogP contribution in [0.4, 0.5) is 4.39 Å². The van der Waals surface area contributed by atoms with Crippen LogP contribution >= 0.6 is 0 Å². The lowest BCUT2D eigenvalue weighted by Gasteiger charge is -2.36. The van der Waals surface area contributed by atoms with Gasteiger partial charge in [-0.05, 0) is 36.7 Å². The molecular weight excluding hydrogens is 321 g/mol. The van der Waals surface area contributed by atoms with Crippen molar-refractivity contribution >= 4 is 0 Å². The second kappa shape index (κ2) is 7.85. The molecule has 0 bridgehead atoms. The molecule has 134 valence electrons. The van der Waals surface area contributed by atoms with Crippen LogP contribution in [-0.2, 0) is 6.54 Å². The molecule has 4 nitrogen and oxygen atoms in total. The monoisotopic (exact) mass is 345 g/mol. The Hall–Kier alpha value is -2.11. The van der Waals surface area contributed by atoms with Gasteiger partial charge in [-0.15, -0.1) is 0 Å². The number of aliphatic hydroxyl groups is 1. The number of aliphatic hydroxyl groups excluding tert-OH is 1. The van der Waals surface area contributed by atoms with E-state index in [-0.39, 0.29) is 11.7 Å². The van der Waals surface area contributed by atoms with Gasteiger partial charge < -0.3 is 14.6 Å². The molecule has 1 aliphatic heterocycles. The van der Waals surface area contributed by atoms with E-state index >= 15 is 0 Å². The Bertz CT molecular complexity index is 722. The molecule has 0 amide bonds. The van der Waals surface area contributed by atoms with Crippen LogP contribution in [0.1, 0.15) is 23.5 Å². The minimum absolute atomic E-state index is 0.0760. The minimum Gasteiger partial charge on any atom is -0.497 e. The Balaban J connectivity index is 1.65. The van der Waals surface area contributed by atoms with E-state index in [4.69, 9.17) is 9.47 Å². The molecule has 0 radical (unpaired) electrons. The van der Waals surface area contributed by atoms with E-state index < -0.39 is 6.10 Å². The summed E-state index contributed by atoms with van der Waals surface area (Å²) in [6.07, 6.45) is 0.341. The van der Waals surface area contributed by atoms with E-state index in [2.05, 4.69) is 4.90 Å². The molecule has 25 heavy (non-hydrogen) atoms. The summed E-state index contributed by atoms with van der Waals surface area (Å²) in [5.74, 6) is 1.11. The fraction of sp³-hybridized carbons (Fsp3) is 0.400. The highest BCUT2D eigenvalue weighted by Crippen LogP contribution is 2.31. The van der Waals surface area contributed by atoms with Crippen molar-refractivity contribution < 1.29 is 19.0 Å². The molecule has 2 aromatic carbocycles. The fourth-order valence-corrected chi connectivity index (χ4v) is 3.43. The summed E-state index contributed by atoms with van der Waals surface area (Å²) >= 11 is 0. The lowest BCUT2D eigenvalue weighted by atomic mass is 9.87. The predicted molar refractivity (Wildman–Crippen MR) is 94.6 cm³/mol. The number of hydrogen-bond donors (Lipinski definition) is 1. The van der Waals surface area contributed by atoms with E-state index in [1.165, 1.54) is 13.2 Å². The number of benzene rings is 2. The molecule has 0 aromatic heterocycles. The van der Waals surface area contributed by atoms with E-state index in [0.717, 1.165) is 24.3 Å². The third-order valence-corrected chi connectivity index (χ3v) is 4.84. The molecule has 1 aliphatic rings. The first-order chi connectivity index (χ1) is 12.1. The first-order valence-electron chi connectivity index (χ1n) is 8.47. The molecule has 1 heterocycles. The number of ether oxygens (including phenoxy) is 2. The van der Waals surface area contributed by atoms with Gasteiger partial charge in [0.15, 0.2) is 0 Å². The van der Waals surface area contributed by atoms with Gasteiger partial charge >= 0.3 is 0 Å². The number of nitrogens with zero attached hydrogens (tertiary/aromatic N) is 1. The van der Waals surface area contributed by atoms with Gasteiger partial charge in [0.25, 0.3) is 0 Å². The number of halogens is 1. The zero-order chi connectivity index (χ0) is 17.8. The molecule has 2 aromatic rings. The predicted octanol–water partition coefficient (Wildman–Crippen LogP) is 3.19. The molecule has 0 spiro atoms. The zero-order valence-corrected chi connectivity index (χ0v) is 14.6. The van der Waals surface area contributed by atoms with Gasteiger partial charge in [0.2, 0.25) is 0 Å². The molecule has 1 fully saturated rings. The van der Waals surface area contributed by atoms with Crippen molar-refractivity contribution in [1.82, 2.24) is 4.90 Å². The van der Waals surface area contributed by atoms with Crippen LogP contribution in [-0.4, -0.2) is 43.4 Å². The Labute approximate surface area is 147 Å². The molecular formula is C20H24FNO3. The van der Waals surface area contributed by atoms with Crippen molar-refractivity contribution in [3.05, 3.63) is 59.4 Å². The molecule has 0 unspecified atom stereocenters. The molecule has 3 rings (SSSR count). The zero-order valence-electron chi connectivity index (χ0n) is 14.6. The maximum Gasteiger partial charge on any atom is 0.131 e. The number of likely N-dealkylation sites (tertiary alicyclic amines) is 1. The summed E-state index contributed by atoms with van der Waals surface area (Å²) < 4.78 is 24.4. The molecule has 5 heteroatoms. The highest BCUT2D eigenvalue weighted by molar-refractivity contribution is 5.32. The van der Waals surface area contributed by atoms with Gasteiger partial charge in [-0.3, -0.25) is 4.90 Å². The van der Waals surface area contributed by atoms with Crippen LogP contribution in [0.2, 0.25) is 0 Å². The maximum absolute atomic E-state index is 14.1. The van der Waals surface area contributed by atoms with Crippen LogP contribution in [0.5, 0.6) is 11.5 Å². The van der Waals surface area contributed by atoms with Crippen molar-refractivity contribution in [3.8, 4) is 11.5 Å². The summed E-state index contributed by atoms with van der Waals surface area (Å²) in [5.41, 5.74) is 1.70. The normalized spacial score (nSPS) is 21.1. The lowest BCUT2D eigenvalue weighted by molar-refractivity contribution is 0.0471. The van der Waals surface area contributed by atoms with E-state index in [0.29, 0.717) is 24.4 Å². The summed E-state index contributed by atoms with van der Waals surface area (Å²) in [5, 5.41) is 10.6. The highest BCUT2D eigenvalue weighted by Gasteiger charge is 2.29. The molecule has 1 saturated heterocycles. The summed E-state index contributed by atoms with van der Waals surface area (Å²) in [6, 6.07) is 12.8. The largest absolute Gasteiger partial charge is 0.497 e. The number of β-amino-alcohol motifs (C(OH)–C–C–N with tert-alkyl or cyclic N) is 1. The third-order valence-electron chi connectivity index (χ3n) is 4.84.